The molecule has 122 valence electrons. The molecule has 1 atom stereocenters. The number of aryl methyl sites for hydroxylation is 2. The molecule has 5 heteroatoms. The van der Waals surface area contributed by atoms with Gasteiger partial charge in [0.25, 0.3) is 5.91 Å². The fourth-order valence-electron chi connectivity index (χ4n) is 3.64. The van der Waals surface area contributed by atoms with Gasteiger partial charge in [-0.05, 0) is 51.7 Å². The summed E-state index contributed by atoms with van der Waals surface area (Å²) in [6.07, 6.45) is 6.74. The zero-order valence-corrected chi connectivity index (χ0v) is 14.6. The summed E-state index contributed by atoms with van der Waals surface area (Å²) >= 11 is 1.60. The summed E-state index contributed by atoms with van der Waals surface area (Å²) in [5.74, 6) is 2.09. The first kappa shape index (κ1) is 14.9. The molecule has 1 aliphatic carbocycles. The SMILES string of the molecule is Cc1ccc(C(=O)N2CCCC(n3c(C)cnc3C3CC3)C2)s1. The Morgan fingerprint density at radius 2 is 2.09 bits per heavy atom. The summed E-state index contributed by atoms with van der Waals surface area (Å²) < 4.78 is 2.41. The lowest BCUT2D eigenvalue weighted by Crippen LogP contribution is -2.41. The highest BCUT2D eigenvalue weighted by Crippen LogP contribution is 2.41. The van der Waals surface area contributed by atoms with E-state index >= 15 is 0 Å². The molecule has 1 amide bonds. The second-order valence-corrected chi connectivity index (χ2v) is 8.15. The van der Waals surface area contributed by atoms with Crippen LogP contribution in [0.3, 0.4) is 0 Å². The number of aromatic nitrogens is 2. The third kappa shape index (κ3) is 2.82. The fraction of sp³-hybridized carbons (Fsp3) is 0.556. The first-order chi connectivity index (χ1) is 11.1. The molecule has 23 heavy (non-hydrogen) atoms. The van der Waals surface area contributed by atoms with E-state index in [9.17, 15) is 4.79 Å². The van der Waals surface area contributed by atoms with Gasteiger partial charge in [0.15, 0.2) is 0 Å². The minimum Gasteiger partial charge on any atom is -0.336 e. The van der Waals surface area contributed by atoms with Crippen molar-refractivity contribution in [3.05, 3.63) is 39.6 Å². The van der Waals surface area contributed by atoms with E-state index < -0.39 is 0 Å². The number of hydrogen-bond donors (Lipinski definition) is 0. The summed E-state index contributed by atoms with van der Waals surface area (Å²) in [5.41, 5.74) is 1.23. The number of imidazole rings is 1. The van der Waals surface area contributed by atoms with Gasteiger partial charge in [0.1, 0.15) is 5.82 Å². The Morgan fingerprint density at radius 1 is 1.26 bits per heavy atom. The van der Waals surface area contributed by atoms with Crippen LogP contribution in [0.4, 0.5) is 0 Å². The van der Waals surface area contributed by atoms with Crippen LogP contribution in [-0.2, 0) is 0 Å². The number of likely N-dealkylation sites (tertiary alicyclic amines) is 1. The molecule has 2 aromatic rings. The van der Waals surface area contributed by atoms with Crippen LogP contribution < -0.4 is 0 Å². The number of carbonyl (C=O) groups excluding carboxylic acids is 1. The molecule has 0 bridgehead atoms. The Bertz CT molecular complexity index is 728. The summed E-state index contributed by atoms with van der Waals surface area (Å²) in [7, 11) is 0. The maximum absolute atomic E-state index is 12.8. The normalized spacial score (nSPS) is 21.7. The molecule has 2 aliphatic rings. The van der Waals surface area contributed by atoms with E-state index in [-0.39, 0.29) is 5.91 Å². The van der Waals surface area contributed by atoms with Crippen LogP contribution in [-0.4, -0.2) is 33.4 Å². The van der Waals surface area contributed by atoms with Crippen molar-refractivity contribution in [2.24, 2.45) is 0 Å². The van der Waals surface area contributed by atoms with Gasteiger partial charge in [-0.1, -0.05) is 0 Å². The number of rotatable bonds is 3. The Hall–Kier alpha value is -1.62. The highest BCUT2D eigenvalue weighted by molar-refractivity contribution is 7.13. The molecule has 0 aromatic carbocycles. The molecule has 0 spiro atoms. The van der Waals surface area contributed by atoms with Crippen LogP contribution in [0.5, 0.6) is 0 Å². The topological polar surface area (TPSA) is 38.1 Å². The van der Waals surface area contributed by atoms with Crippen molar-refractivity contribution in [1.82, 2.24) is 14.5 Å². The zero-order chi connectivity index (χ0) is 16.0. The second-order valence-electron chi connectivity index (χ2n) is 6.86. The fourth-order valence-corrected chi connectivity index (χ4v) is 4.47. The summed E-state index contributed by atoms with van der Waals surface area (Å²) in [5, 5.41) is 0. The van der Waals surface area contributed by atoms with Crippen molar-refractivity contribution in [2.45, 2.75) is 51.5 Å². The lowest BCUT2D eigenvalue weighted by Gasteiger charge is -2.34. The lowest BCUT2D eigenvalue weighted by atomic mass is 10.0. The number of nitrogens with zero attached hydrogens (tertiary/aromatic N) is 3. The third-order valence-electron chi connectivity index (χ3n) is 4.95. The monoisotopic (exact) mass is 329 g/mol. The van der Waals surface area contributed by atoms with E-state index in [0.717, 1.165) is 30.8 Å². The number of amides is 1. The van der Waals surface area contributed by atoms with Crippen molar-refractivity contribution in [1.29, 1.82) is 0 Å². The Kier molecular flexibility index (Phi) is 3.76. The molecule has 0 N–H and O–H groups in total. The van der Waals surface area contributed by atoms with Gasteiger partial charge in [-0.15, -0.1) is 11.3 Å². The second kappa shape index (κ2) is 5.78. The number of piperidine rings is 1. The van der Waals surface area contributed by atoms with Gasteiger partial charge in [0.05, 0.1) is 10.9 Å². The molecule has 1 saturated heterocycles. The highest BCUT2D eigenvalue weighted by Gasteiger charge is 2.33. The smallest absolute Gasteiger partial charge is 0.263 e. The van der Waals surface area contributed by atoms with Crippen LogP contribution in [0.2, 0.25) is 0 Å². The van der Waals surface area contributed by atoms with Crippen LogP contribution in [0.25, 0.3) is 0 Å². The van der Waals surface area contributed by atoms with Crippen LogP contribution in [0, 0.1) is 13.8 Å². The van der Waals surface area contributed by atoms with Crippen molar-refractivity contribution < 1.29 is 4.79 Å². The maximum Gasteiger partial charge on any atom is 0.263 e. The quantitative estimate of drug-likeness (QED) is 0.856. The average molecular weight is 329 g/mol. The Labute approximate surface area is 141 Å². The molecule has 1 unspecified atom stereocenters. The van der Waals surface area contributed by atoms with Gasteiger partial charge in [-0.2, -0.15) is 0 Å². The minimum atomic E-state index is 0.193. The van der Waals surface area contributed by atoms with Crippen molar-refractivity contribution in [2.75, 3.05) is 13.1 Å². The minimum absolute atomic E-state index is 0.193. The molecule has 1 aliphatic heterocycles. The first-order valence-corrected chi connectivity index (χ1v) is 9.34. The van der Waals surface area contributed by atoms with E-state index in [2.05, 4.69) is 23.4 Å². The molecule has 4 nitrogen and oxygen atoms in total. The molecule has 0 radical (unpaired) electrons. The number of carbonyl (C=O) groups is 1. The molecular formula is C18H23N3OS. The Balaban J connectivity index is 1.55. The first-order valence-electron chi connectivity index (χ1n) is 8.53. The summed E-state index contributed by atoms with van der Waals surface area (Å²) in [4.78, 5) is 21.5. The molecule has 4 rings (SSSR count). The number of thiophene rings is 1. The van der Waals surface area contributed by atoms with Crippen molar-refractivity contribution in [3.8, 4) is 0 Å². The Morgan fingerprint density at radius 3 is 2.78 bits per heavy atom. The van der Waals surface area contributed by atoms with E-state index in [1.807, 2.05) is 23.2 Å². The van der Waals surface area contributed by atoms with E-state index in [1.165, 1.54) is 29.2 Å². The average Bonchev–Trinajstić information content (AvgIpc) is 3.20. The highest BCUT2D eigenvalue weighted by atomic mass is 32.1. The van der Waals surface area contributed by atoms with E-state index in [1.54, 1.807) is 11.3 Å². The van der Waals surface area contributed by atoms with Gasteiger partial charge in [0.2, 0.25) is 0 Å². The maximum atomic E-state index is 12.8. The number of hydrogen-bond acceptors (Lipinski definition) is 3. The van der Waals surface area contributed by atoms with Crippen LogP contribution in [0.15, 0.2) is 18.3 Å². The molecule has 1 saturated carbocycles. The van der Waals surface area contributed by atoms with Crippen molar-refractivity contribution in [3.63, 3.8) is 0 Å². The van der Waals surface area contributed by atoms with Gasteiger partial charge >= 0.3 is 0 Å². The van der Waals surface area contributed by atoms with Crippen molar-refractivity contribution >= 4 is 17.2 Å². The van der Waals surface area contributed by atoms with Crippen LogP contribution >= 0.6 is 11.3 Å². The van der Waals surface area contributed by atoms with Gasteiger partial charge in [-0.3, -0.25) is 4.79 Å². The predicted molar refractivity (Wildman–Crippen MR) is 92.2 cm³/mol. The van der Waals surface area contributed by atoms with Gasteiger partial charge in [0, 0.05) is 35.8 Å². The van der Waals surface area contributed by atoms with Gasteiger partial charge < -0.3 is 9.47 Å². The molecule has 3 heterocycles. The third-order valence-corrected chi connectivity index (χ3v) is 5.94. The van der Waals surface area contributed by atoms with Gasteiger partial charge in [-0.25, -0.2) is 4.98 Å². The largest absolute Gasteiger partial charge is 0.336 e. The summed E-state index contributed by atoms with van der Waals surface area (Å²) in [6, 6.07) is 4.38. The standard InChI is InChI=1S/C18H23N3OS/c1-12-10-19-17(14-6-7-14)21(12)15-4-3-9-20(11-15)18(22)16-8-5-13(2)23-16/h5,8,10,14-15H,3-4,6-7,9,11H2,1-2H3. The van der Waals surface area contributed by atoms with E-state index in [0.29, 0.717) is 12.0 Å². The summed E-state index contributed by atoms with van der Waals surface area (Å²) in [6.45, 7) is 5.88. The molecular weight excluding hydrogens is 306 g/mol. The van der Waals surface area contributed by atoms with Crippen LogP contribution in [0.1, 0.15) is 63.7 Å². The lowest BCUT2D eigenvalue weighted by molar-refractivity contribution is 0.0681. The molecule has 2 fully saturated rings. The molecule has 2 aromatic heterocycles. The predicted octanol–water partition coefficient (Wildman–Crippen LogP) is 3.92. The van der Waals surface area contributed by atoms with E-state index in [4.69, 9.17) is 0 Å². The zero-order valence-electron chi connectivity index (χ0n) is 13.8.